The highest BCUT2D eigenvalue weighted by Gasteiger charge is 2.62. The number of amides is 1. The molecule has 0 radical (unpaired) electrons. The molecule has 2 unspecified atom stereocenters. The third-order valence-corrected chi connectivity index (χ3v) is 5.84. The van der Waals surface area contributed by atoms with Crippen LogP contribution in [0.1, 0.15) is 59.3 Å². The highest BCUT2D eigenvalue weighted by molar-refractivity contribution is 5.85. The van der Waals surface area contributed by atoms with Crippen LogP contribution in [-0.2, 0) is 4.79 Å². The van der Waals surface area contributed by atoms with E-state index in [1.165, 1.54) is 19.3 Å². The van der Waals surface area contributed by atoms with Gasteiger partial charge in [0.1, 0.15) is 0 Å². The van der Waals surface area contributed by atoms with Gasteiger partial charge in [-0.2, -0.15) is 0 Å². The summed E-state index contributed by atoms with van der Waals surface area (Å²) in [6.07, 6.45) is 7.29. The van der Waals surface area contributed by atoms with E-state index in [9.17, 15) is 4.79 Å². The predicted molar refractivity (Wildman–Crippen MR) is 83.7 cm³/mol. The van der Waals surface area contributed by atoms with Crippen molar-refractivity contribution < 1.29 is 4.79 Å². The molecule has 4 aliphatic rings. The average Bonchev–Trinajstić information content (AvgIpc) is 2.23. The summed E-state index contributed by atoms with van der Waals surface area (Å²) < 4.78 is 0. The Balaban J connectivity index is 0.00000147. The summed E-state index contributed by atoms with van der Waals surface area (Å²) in [7, 11) is 0. The van der Waals surface area contributed by atoms with Crippen LogP contribution in [0.25, 0.3) is 0 Å². The molecule has 4 fully saturated rings. The second-order valence-electron chi connectivity index (χ2n) is 8.52. The highest BCUT2D eigenvalue weighted by Crippen LogP contribution is 2.69. The Labute approximate surface area is 128 Å². The van der Waals surface area contributed by atoms with Crippen LogP contribution in [0.5, 0.6) is 0 Å². The lowest BCUT2D eigenvalue weighted by atomic mass is 9.40. The van der Waals surface area contributed by atoms with E-state index in [1.54, 1.807) is 0 Å². The minimum absolute atomic E-state index is 0. The van der Waals surface area contributed by atoms with Gasteiger partial charge in [0.15, 0.2) is 0 Å². The summed E-state index contributed by atoms with van der Waals surface area (Å²) in [5.74, 6) is 1.05. The van der Waals surface area contributed by atoms with E-state index in [1.807, 2.05) is 6.92 Å². The molecule has 3 atom stereocenters. The summed E-state index contributed by atoms with van der Waals surface area (Å²) in [6, 6.07) is 0.0983. The van der Waals surface area contributed by atoms with Crippen LogP contribution in [0.3, 0.4) is 0 Å². The molecule has 4 bridgehead atoms. The van der Waals surface area contributed by atoms with Crippen molar-refractivity contribution in [2.75, 3.05) is 6.54 Å². The molecule has 0 spiro atoms. The lowest BCUT2D eigenvalue weighted by molar-refractivity contribution is -0.170. The Hall–Kier alpha value is -0.280. The fourth-order valence-electron chi connectivity index (χ4n) is 6.14. The van der Waals surface area contributed by atoms with Gasteiger partial charge in [-0.3, -0.25) is 4.79 Å². The molecule has 20 heavy (non-hydrogen) atoms. The van der Waals surface area contributed by atoms with Crippen molar-refractivity contribution in [3.8, 4) is 0 Å². The molecule has 4 saturated carbocycles. The van der Waals surface area contributed by atoms with Crippen LogP contribution < -0.4 is 11.1 Å². The van der Waals surface area contributed by atoms with E-state index in [0.29, 0.717) is 17.4 Å². The standard InChI is InChI=1S/C16H28N2O.ClH/c1-11(7-17)18-13(19)16-6-12-4-14(2,9-16)8-15(3,5-12)10-16;/h11-12H,4-10,17H2,1-3H3,(H,18,19);1H/t11-,12?,14?,15?,16?;/m0./s1. The molecule has 0 aromatic rings. The molecule has 4 aliphatic carbocycles. The monoisotopic (exact) mass is 300 g/mol. The first-order valence-corrected chi connectivity index (χ1v) is 7.79. The quantitative estimate of drug-likeness (QED) is 0.842. The van der Waals surface area contributed by atoms with Crippen molar-refractivity contribution in [2.24, 2.45) is 27.9 Å². The molecule has 116 valence electrons. The largest absolute Gasteiger partial charge is 0.352 e. The molecular weight excluding hydrogens is 272 g/mol. The Morgan fingerprint density at radius 2 is 1.75 bits per heavy atom. The van der Waals surface area contributed by atoms with Gasteiger partial charge in [0.05, 0.1) is 5.41 Å². The number of rotatable bonds is 3. The molecule has 0 heterocycles. The molecule has 0 aromatic carbocycles. The average molecular weight is 301 g/mol. The third kappa shape index (κ3) is 2.48. The maximum Gasteiger partial charge on any atom is 0.226 e. The van der Waals surface area contributed by atoms with Gasteiger partial charge < -0.3 is 11.1 Å². The number of nitrogens with two attached hydrogens (primary N) is 1. The number of nitrogens with one attached hydrogen (secondary N) is 1. The maximum atomic E-state index is 12.8. The summed E-state index contributed by atoms with van der Waals surface area (Å²) in [4.78, 5) is 12.8. The van der Waals surface area contributed by atoms with Crippen LogP contribution >= 0.6 is 12.4 Å². The van der Waals surface area contributed by atoms with Crippen molar-refractivity contribution in [2.45, 2.75) is 65.3 Å². The van der Waals surface area contributed by atoms with Gasteiger partial charge >= 0.3 is 0 Å². The van der Waals surface area contributed by atoms with E-state index in [4.69, 9.17) is 5.73 Å². The maximum absolute atomic E-state index is 12.8. The highest BCUT2D eigenvalue weighted by atomic mass is 35.5. The lowest BCUT2D eigenvalue weighted by Gasteiger charge is -2.64. The van der Waals surface area contributed by atoms with Crippen molar-refractivity contribution in [3.05, 3.63) is 0 Å². The van der Waals surface area contributed by atoms with Gasteiger partial charge in [0.25, 0.3) is 0 Å². The summed E-state index contributed by atoms with van der Waals surface area (Å²) in [5.41, 5.74) is 6.36. The van der Waals surface area contributed by atoms with E-state index in [-0.39, 0.29) is 29.8 Å². The van der Waals surface area contributed by atoms with Crippen LogP contribution in [0, 0.1) is 22.2 Å². The first kappa shape index (κ1) is 16.1. The zero-order valence-electron chi connectivity index (χ0n) is 13.0. The molecule has 3 N–H and O–H groups in total. The van der Waals surface area contributed by atoms with E-state index < -0.39 is 0 Å². The molecular formula is C16H29ClN2O. The van der Waals surface area contributed by atoms with E-state index in [2.05, 4.69) is 19.2 Å². The Morgan fingerprint density at radius 1 is 1.20 bits per heavy atom. The molecule has 3 nitrogen and oxygen atoms in total. The molecule has 4 rings (SSSR count). The molecule has 0 aromatic heterocycles. The summed E-state index contributed by atoms with van der Waals surface area (Å²) in [5, 5.41) is 3.16. The molecule has 0 saturated heterocycles. The normalized spacial score (nSPS) is 46.7. The smallest absolute Gasteiger partial charge is 0.226 e. The van der Waals surface area contributed by atoms with Crippen LogP contribution in [0.2, 0.25) is 0 Å². The summed E-state index contributed by atoms with van der Waals surface area (Å²) >= 11 is 0. The molecule has 4 heteroatoms. The SMILES string of the molecule is C[C@@H](CN)NC(=O)C12CC3CC(C)(CC(C)(C3)C1)C2.Cl. The van der Waals surface area contributed by atoms with Gasteiger partial charge in [-0.25, -0.2) is 0 Å². The Bertz CT molecular complexity index is 393. The number of hydrogen-bond acceptors (Lipinski definition) is 2. The van der Waals surface area contributed by atoms with Gasteiger partial charge in [0, 0.05) is 12.6 Å². The van der Waals surface area contributed by atoms with Crippen molar-refractivity contribution in [1.29, 1.82) is 0 Å². The predicted octanol–water partition coefficient (Wildman–Crippen LogP) is 2.87. The minimum atomic E-state index is -0.0909. The Morgan fingerprint density at radius 3 is 2.20 bits per heavy atom. The molecule has 0 aliphatic heterocycles. The fourth-order valence-corrected chi connectivity index (χ4v) is 6.14. The van der Waals surface area contributed by atoms with Crippen molar-refractivity contribution in [3.63, 3.8) is 0 Å². The fraction of sp³-hybridized carbons (Fsp3) is 0.938. The zero-order valence-corrected chi connectivity index (χ0v) is 13.8. The summed E-state index contributed by atoms with van der Waals surface area (Å²) in [6.45, 7) is 7.34. The number of halogens is 1. The minimum Gasteiger partial charge on any atom is -0.352 e. The third-order valence-electron chi connectivity index (χ3n) is 5.84. The van der Waals surface area contributed by atoms with Crippen LogP contribution in [0.4, 0.5) is 0 Å². The van der Waals surface area contributed by atoms with Gasteiger partial charge in [0.2, 0.25) is 5.91 Å². The van der Waals surface area contributed by atoms with Crippen LogP contribution in [0.15, 0.2) is 0 Å². The van der Waals surface area contributed by atoms with E-state index >= 15 is 0 Å². The number of carbonyl (C=O) groups is 1. The first-order chi connectivity index (χ1) is 8.78. The van der Waals surface area contributed by atoms with Crippen molar-refractivity contribution >= 4 is 18.3 Å². The van der Waals surface area contributed by atoms with Crippen molar-refractivity contribution in [1.82, 2.24) is 5.32 Å². The van der Waals surface area contributed by atoms with Gasteiger partial charge in [-0.15, -0.1) is 12.4 Å². The van der Waals surface area contributed by atoms with Gasteiger partial charge in [-0.05, 0) is 62.2 Å². The van der Waals surface area contributed by atoms with Gasteiger partial charge in [-0.1, -0.05) is 13.8 Å². The lowest BCUT2D eigenvalue weighted by Crippen LogP contribution is -2.60. The molecule has 1 amide bonds. The number of hydrogen-bond donors (Lipinski definition) is 2. The Kier molecular flexibility index (Phi) is 3.92. The second-order valence-corrected chi connectivity index (χ2v) is 8.52. The van der Waals surface area contributed by atoms with E-state index in [0.717, 1.165) is 25.2 Å². The second kappa shape index (κ2) is 4.88. The first-order valence-electron chi connectivity index (χ1n) is 7.79. The zero-order chi connectivity index (χ0) is 13.9. The topological polar surface area (TPSA) is 55.1 Å². The van der Waals surface area contributed by atoms with Crippen LogP contribution in [-0.4, -0.2) is 18.5 Å². The number of carbonyl (C=O) groups excluding carboxylic acids is 1.